The van der Waals surface area contributed by atoms with Crippen LogP contribution in [0.4, 0.5) is 0 Å². The fraction of sp³-hybridized carbons (Fsp3) is 0.385. The molecule has 1 aromatic rings. The normalized spacial score (nSPS) is 9.59. The minimum atomic E-state index is 0. The van der Waals surface area contributed by atoms with E-state index in [1.54, 1.807) is 0 Å². The van der Waals surface area contributed by atoms with E-state index in [0.717, 1.165) is 30.0 Å². The lowest BCUT2D eigenvalue weighted by molar-refractivity contribution is 0.314. The molecule has 0 spiro atoms. The van der Waals surface area contributed by atoms with Crippen LogP contribution < -0.4 is 10.1 Å². The number of ether oxygens (including phenoxy) is 1. The maximum Gasteiger partial charge on any atom is 0.141 e. The molecule has 0 fully saturated rings. The van der Waals surface area contributed by atoms with Gasteiger partial charge in [0, 0.05) is 13.1 Å². The molecule has 17 heavy (non-hydrogen) atoms. The quantitative estimate of drug-likeness (QED) is 0.634. The molecule has 0 unspecified atom stereocenters. The Kier molecular flexibility index (Phi) is 8.05. The molecule has 0 bridgehead atoms. The summed E-state index contributed by atoms with van der Waals surface area (Å²) < 4.78 is 5.67. The molecule has 0 saturated carbocycles. The molecule has 0 radical (unpaired) electrons. The highest BCUT2D eigenvalue weighted by molar-refractivity contribution is 6.32. The summed E-state index contributed by atoms with van der Waals surface area (Å²) in [5.74, 6) is 0.794. The lowest BCUT2D eigenvalue weighted by Crippen LogP contribution is -2.21. The predicted molar refractivity (Wildman–Crippen MR) is 76.7 cm³/mol. The number of benzene rings is 1. The summed E-state index contributed by atoms with van der Waals surface area (Å²) in [6, 6.07) is 4.02. The van der Waals surface area contributed by atoms with Crippen LogP contribution in [-0.2, 0) is 0 Å². The van der Waals surface area contributed by atoms with E-state index in [0.29, 0.717) is 11.6 Å². The molecule has 2 nitrogen and oxygen atoms in total. The summed E-state index contributed by atoms with van der Waals surface area (Å²) in [7, 11) is 0. The van der Waals surface area contributed by atoms with E-state index in [1.165, 1.54) is 0 Å². The summed E-state index contributed by atoms with van der Waals surface area (Å²) in [4.78, 5) is 0. The minimum absolute atomic E-state index is 0. The van der Waals surface area contributed by atoms with Crippen LogP contribution in [0.1, 0.15) is 11.1 Å². The number of halogens is 2. The number of aryl methyl sites for hydroxylation is 2. The molecule has 1 N–H and O–H groups in total. The average molecular weight is 276 g/mol. The van der Waals surface area contributed by atoms with Gasteiger partial charge in [0.05, 0.1) is 5.02 Å². The largest absolute Gasteiger partial charge is 0.490 e. The Labute approximate surface area is 114 Å². The SMILES string of the molecule is C=CCNCCOc1c(C)ccc(C)c1Cl.Cl. The molecule has 0 aromatic heterocycles. The van der Waals surface area contributed by atoms with E-state index in [2.05, 4.69) is 11.9 Å². The van der Waals surface area contributed by atoms with Crippen LogP contribution in [0.5, 0.6) is 5.75 Å². The second-order valence-corrected chi connectivity index (χ2v) is 4.06. The van der Waals surface area contributed by atoms with Crippen molar-refractivity contribution in [3.05, 3.63) is 40.9 Å². The fourth-order valence-electron chi connectivity index (χ4n) is 1.36. The smallest absolute Gasteiger partial charge is 0.141 e. The van der Waals surface area contributed by atoms with Gasteiger partial charge in [-0.1, -0.05) is 29.8 Å². The number of rotatable bonds is 6. The maximum absolute atomic E-state index is 6.18. The van der Waals surface area contributed by atoms with Crippen molar-refractivity contribution in [3.63, 3.8) is 0 Å². The molecule has 0 atom stereocenters. The Morgan fingerprint density at radius 3 is 2.65 bits per heavy atom. The highest BCUT2D eigenvalue weighted by atomic mass is 35.5. The Morgan fingerprint density at radius 1 is 1.35 bits per heavy atom. The van der Waals surface area contributed by atoms with Gasteiger partial charge in [-0.05, 0) is 25.0 Å². The van der Waals surface area contributed by atoms with Gasteiger partial charge in [0.2, 0.25) is 0 Å². The molecule has 4 heteroatoms. The standard InChI is InChI=1S/C13H18ClNO.ClH/c1-4-7-15-8-9-16-13-11(3)6-5-10(2)12(13)14;/h4-6,15H,1,7-9H2,2-3H3;1H. The second kappa shape index (κ2) is 8.40. The highest BCUT2D eigenvalue weighted by Crippen LogP contribution is 2.31. The van der Waals surface area contributed by atoms with Gasteiger partial charge in [-0.2, -0.15) is 0 Å². The van der Waals surface area contributed by atoms with Crippen molar-refractivity contribution in [1.82, 2.24) is 5.32 Å². The maximum atomic E-state index is 6.18. The zero-order valence-electron chi connectivity index (χ0n) is 10.3. The van der Waals surface area contributed by atoms with Gasteiger partial charge in [-0.3, -0.25) is 0 Å². The van der Waals surface area contributed by atoms with Crippen LogP contribution in [0.2, 0.25) is 5.02 Å². The molecular formula is C13H19Cl2NO. The van der Waals surface area contributed by atoms with Crippen LogP contribution in [0.25, 0.3) is 0 Å². The van der Waals surface area contributed by atoms with Crippen molar-refractivity contribution in [2.75, 3.05) is 19.7 Å². The molecule has 96 valence electrons. The van der Waals surface area contributed by atoms with Gasteiger partial charge in [0.25, 0.3) is 0 Å². The first-order valence-corrected chi connectivity index (χ1v) is 5.74. The monoisotopic (exact) mass is 275 g/mol. The topological polar surface area (TPSA) is 21.3 Å². The molecule has 0 aliphatic heterocycles. The lowest BCUT2D eigenvalue weighted by Gasteiger charge is -2.12. The minimum Gasteiger partial charge on any atom is -0.490 e. The van der Waals surface area contributed by atoms with E-state index in [1.807, 2.05) is 32.1 Å². The van der Waals surface area contributed by atoms with Crippen molar-refractivity contribution in [3.8, 4) is 5.75 Å². The lowest BCUT2D eigenvalue weighted by atomic mass is 10.1. The van der Waals surface area contributed by atoms with Crippen LogP contribution in [0.15, 0.2) is 24.8 Å². The average Bonchev–Trinajstić information content (AvgIpc) is 2.28. The summed E-state index contributed by atoms with van der Waals surface area (Å²) >= 11 is 6.18. The third-order valence-corrected chi connectivity index (χ3v) is 2.77. The van der Waals surface area contributed by atoms with Gasteiger partial charge >= 0.3 is 0 Å². The Bertz CT molecular complexity index is 367. The molecule has 1 aromatic carbocycles. The number of hydrogen-bond donors (Lipinski definition) is 1. The Balaban J connectivity index is 0.00000256. The molecule has 0 aliphatic rings. The molecular weight excluding hydrogens is 257 g/mol. The summed E-state index contributed by atoms with van der Waals surface area (Å²) in [6.45, 7) is 9.80. The van der Waals surface area contributed by atoms with Crippen molar-refractivity contribution in [2.45, 2.75) is 13.8 Å². The van der Waals surface area contributed by atoms with Crippen molar-refractivity contribution in [1.29, 1.82) is 0 Å². The predicted octanol–water partition coefficient (Wildman–Crippen LogP) is 3.53. The number of hydrogen-bond acceptors (Lipinski definition) is 2. The Hall–Kier alpha value is -0.700. The molecule has 0 aliphatic carbocycles. The van der Waals surface area contributed by atoms with E-state index >= 15 is 0 Å². The van der Waals surface area contributed by atoms with E-state index < -0.39 is 0 Å². The van der Waals surface area contributed by atoms with Gasteiger partial charge < -0.3 is 10.1 Å². The van der Waals surface area contributed by atoms with Crippen LogP contribution in [0.3, 0.4) is 0 Å². The van der Waals surface area contributed by atoms with Gasteiger partial charge in [0.15, 0.2) is 0 Å². The molecule has 0 amide bonds. The van der Waals surface area contributed by atoms with Crippen LogP contribution >= 0.6 is 24.0 Å². The summed E-state index contributed by atoms with van der Waals surface area (Å²) in [5, 5.41) is 3.88. The van der Waals surface area contributed by atoms with Crippen molar-refractivity contribution in [2.24, 2.45) is 0 Å². The summed E-state index contributed by atoms with van der Waals surface area (Å²) in [6.07, 6.45) is 1.82. The molecule has 1 rings (SSSR count). The summed E-state index contributed by atoms with van der Waals surface area (Å²) in [5.41, 5.74) is 2.11. The van der Waals surface area contributed by atoms with Crippen LogP contribution in [0, 0.1) is 13.8 Å². The van der Waals surface area contributed by atoms with Crippen molar-refractivity contribution >= 4 is 24.0 Å². The second-order valence-electron chi connectivity index (χ2n) is 3.68. The first-order valence-electron chi connectivity index (χ1n) is 5.37. The first-order chi connectivity index (χ1) is 7.66. The zero-order valence-corrected chi connectivity index (χ0v) is 11.8. The van der Waals surface area contributed by atoms with Crippen LogP contribution in [-0.4, -0.2) is 19.7 Å². The molecule has 0 heterocycles. The zero-order chi connectivity index (χ0) is 12.0. The third kappa shape index (κ3) is 4.99. The van der Waals surface area contributed by atoms with Gasteiger partial charge in [-0.25, -0.2) is 0 Å². The van der Waals surface area contributed by atoms with E-state index in [9.17, 15) is 0 Å². The first kappa shape index (κ1) is 16.3. The van der Waals surface area contributed by atoms with E-state index in [4.69, 9.17) is 16.3 Å². The van der Waals surface area contributed by atoms with Crippen molar-refractivity contribution < 1.29 is 4.74 Å². The highest BCUT2D eigenvalue weighted by Gasteiger charge is 2.07. The number of nitrogens with one attached hydrogen (secondary N) is 1. The van der Waals surface area contributed by atoms with E-state index in [-0.39, 0.29) is 12.4 Å². The molecule has 0 saturated heterocycles. The van der Waals surface area contributed by atoms with Gasteiger partial charge in [0.1, 0.15) is 12.4 Å². The van der Waals surface area contributed by atoms with Gasteiger partial charge in [-0.15, -0.1) is 19.0 Å². The Morgan fingerprint density at radius 2 is 2.00 bits per heavy atom. The third-order valence-electron chi connectivity index (χ3n) is 2.30. The fourth-order valence-corrected chi connectivity index (χ4v) is 1.62.